The van der Waals surface area contributed by atoms with Gasteiger partial charge in [0, 0.05) is 58.7 Å². The number of nitrogens with zero attached hydrogens (tertiary/aromatic N) is 6. The highest BCUT2D eigenvalue weighted by atomic mass is 32.1. The number of amidine groups is 1. The fourth-order valence-electron chi connectivity index (χ4n) is 3.99. The number of aliphatic imine (C=N–C) groups is 1. The number of imide groups is 1. The maximum Gasteiger partial charge on any atom is 0.333 e. The van der Waals surface area contributed by atoms with Crippen LogP contribution in [0.2, 0.25) is 0 Å². The van der Waals surface area contributed by atoms with Gasteiger partial charge in [0.05, 0.1) is 5.56 Å². The first-order valence-electron chi connectivity index (χ1n) is 10.4. The fraction of sp³-hybridized carbons (Fsp3) is 0.500. The monoisotopic (exact) mass is 460 g/mol. The van der Waals surface area contributed by atoms with Gasteiger partial charge in [-0.1, -0.05) is 0 Å². The van der Waals surface area contributed by atoms with Gasteiger partial charge in [-0.3, -0.25) is 29.1 Å². The molecule has 0 aliphatic carbocycles. The van der Waals surface area contributed by atoms with Gasteiger partial charge in [0.25, 0.3) is 35.9 Å². The van der Waals surface area contributed by atoms with E-state index in [1.807, 2.05) is 21.7 Å². The molecule has 1 atom stereocenters. The number of fused-ring (bicyclic) bond motifs is 1. The molecule has 170 valence electrons. The lowest BCUT2D eigenvalue weighted by Gasteiger charge is -2.34. The van der Waals surface area contributed by atoms with E-state index in [-0.39, 0.29) is 18.4 Å². The third-order valence-corrected chi connectivity index (χ3v) is 6.58. The first-order chi connectivity index (χ1) is 15.4. The second kappa shape index (κ2) is 9.17. The molecule has 1 N–H and O–H groups in total. The van der Waals surface area contributed by atoms with Gasteiger partial charge in [-0.05, 0) is 16.4 Å². The van der Waals surface area contributed by atoms with Crippen LogP contribution in [0.3, 0.4) is 0 Å². The van der Waals surface area contributed by atoms with Crippen LogP contribution in [0.1, 0.15) is 10.4 Å². The van der Waals surface area contributed by atoms with E-state index in [2.05, 4.69) is 15.2 Å². The zero-order valence-corrected chi connectivity index (χ0v) is 18.9. The van der Waals surface area contributed by atoms with Gasteiger partial charge < -0.3 is 10.2 Å². The number of likely N-dealkylation sites (N-methyl/N-ethyl adjacent to an activating group) is 2. The maximum atomic E-state index is 12.5. The van der Waals surface area contributed by atoms with Gasteiger partial charge in [-0.2, -0.15) is 11.3 Å². The highest BCUT2D eigenvalue weighted by molar-refractivity contribution is 7.08. The van der Waals surface area contributed by atoms with Crippen molar-refractivity contribution in [2.45, 2.75) is 6.04 Å². The topological polar surface area (TPSA) is 109 Å². The van der Waals surface area contributed by atoms with Gasteiger partial charge in [0.15, 0.2) is 6.54 Å². The predicted molar refractivity (Wildman–Crippen MR) is 118 cm³/mol. The van der Waals surface area contributed by atoms with Crippen molar-refractivity contribution < 1.29 is 23.8 Å². The SMILES string of the molecule is CN1C(=O)C2C(=NC=[N+]2CC(=O)NCCN2CCN(C(=O)c3ccsc3)CC2)N(C)C1=O. The minimum Gasteiger partial charge on any atom is -0.351 e. The van der Waals surface area contributed by atoms with Crippen LogP contribution in [0.5, 0.6) is 0 Å². The third kappa shape index (κ3) is 4.28. The van der Waals surface area contributed by atoms with Gasteiger partial charge in [-0.15, -0.1) is 0 Å². The number of hydrogen-bond acceptors (Lipinski definition) is 7. The summed E-state index contributed by atoms with van der Waals surface area (Å²) >= 11 is 1.51. The minimum atomic E-state index is -0.762. The molecule has 2 fully saturated rings. The quantitative estimate of drug-likeness (QED) is 0.546. The van der Waals surface area contributed by atoms with Crippen LogP contribution in [0.25, 0.3) is 0 Å². The summed E-state index contributed by atoms with van der Waals surface area (Å²) in [4.78, 5) is 59.9. The molecule has 0 bridgehead atoms. The van der Waals surface area contributed by atoms with Crippen molar-refractivity contribution in [1.29, 1.82) is 0 Å². The lowest BCUT2D eigenvalue weighted by Crippen LogP contribution is -2.62. The Balaban J connectivity index is 1.19. The Labute approximate surface area is 189 Å². The van der Waals surface area contributed by atoms with E-state index < -0.39 is 18.0 Å². The van der Waals surface area contributed by atoms with Crippen molar-refractivity contribution in [2.24, 2.45) is 4.99 Å². The summed E-state index contributed by atoms with van der Waals surface area (Å²) in [6.45, 7) is 3.96. The third-order valence-electron chi connectivity index (χ3n) is 5.90. The summed E-state index contributed by atoms with van der Waals surface area (Å²) in [5.41, 5.74) is 0.736. The summed E-state index contributed by atoms with van der Waals surface area (Å²) in [6, 6.07) is 0.638. The molecule has 1 unspecified atom stereocenters. The molecule has 1 aromatic rings. The van der Waals surface area contributed by atoms with Crippen molar-refractivity contribution in [1.82, 2.24) is 24.9 Å². The van der Waals surface area contributed by atoms with Crippen LogP contribution >= 0.6 is 11.3 Å². The summed E-state index contributed by atoms with van der Waals surface area (Å²) in [5, 5.41) is 6.64. The van der Waals surface area contributed by atoms with Crippen molar-refractivity contribution >= 4 is 47.3 Å². The van der Waals surface area contributed by atoms with Gasteiger partial charge in [0.2, 0.25) is 0 Å². The molecular weight excluding hydrogens is 434 g/mol. The van der Waals surface area contributed by atoms with Crippen LogP contribution in [0, 0.1) is 0 Å². The van der Waals surface area contributed by atoms with E-state index >= 15 is 0 Å². The molecule has 12 heteroatoms. The zero-order chi connectivity index (χ0) is 22.8. The van der Waals surface area contributed by atoms with Gasteiger partial charge in [-0.25, -0.2) is 9.37 Å². The largest absolute Gasteiger partial charge is 0.351 e. The van der Waals surface area contributed by atoms with Crippen LogP contribution in [0.4, 0.5) is 4.79 Å². The van der Waals surface area contributed by atoms with E-state index in [4.69, 9.17) is 0 Å². The molecule has 3 aliphatic rings. The zero-order valence-electron chi connectivity index (χ0n) is 18.1. The van der Waals surface area contributed by atoms with Crippen LogP contribution in [-0.2, 0) is 9.59 Å². The Morgan fingerprint density at radius 1 is 1.19 bits per heavy atom. The Morgan fingerprint density at radius 3 is 2.62 bits per heavy atom. The lowest BCUT2D eigenvalue weighted by molar-refractivity contribution is -0.519. The summed E-state index contributed by atoms with van der Waals surface area (Å²) in [6.07, 6.45) is 1.43. The molecule has 2 saturated heterocycles. The number of rotatable bonds is 6. The number of carbonyl (C=O) groups excluding carboxylic acids is 4. The van der Waals surface area contributed by atoms with Crippen molar-refractivity contribution in [3.63, 3.8) is 0 Å². The standard InChI is InChI=1S/C20H25N7O4S/c1-23-17-16(19(30)24(2)20(23)31)27(13-22-17)11-15(28)21-4-5-25-6-8-26(9-7-25)18(29)14-3-10-32-12-14/h3,10,12-13,16H,4-9,11H2,1-2H3/p+1. The van der Waals surface area contributed by atoms with E-state index in [0.29, 0.717) is 32.0 Å². The number of nitrogens with one attached hydrogen (secondary N) is 1. The summed E-state index contributed by atoms with van der Waals surface area (Å²) < 4.78 is 1.54. The summed E-state index contributed by atoms with van der Waals surface area (Å²) in [5.74, 6) is -0.221. The molecule has 5 amide bonds. The molecule has 0 spiro atoms. The molecule has 0 radical (unpaired) electrons. The maximum absolute atomic E-state index is 12.5. The molecule has 4 rings (SSSR count). The first kappa shape index (κ1) is 22.1. The Morgan fingerprint density at radius 2 is 1.94 bits per heavy atom. The number of hydrogen-bond donors (Lipinski definition) is 1. The molecule has 11 nitrogen and oxygen atoms in total. The number of amides is 5. The minimum absolute atomic E-state index is 0.0256. The Kier molecular flexibility index (Phi) is 6.33. The lowest BCUT2D eigenvalue weighted by atomic mass is 10.1. The highest BCUT2D eigenvalue weighted by Crippen LogP contribution is 2.16. The van der Waals surface area contributed by atoms with Crippen molar-refractivity contribution in [2.75, 3.05) is 59.9 Å². The summed E-state index contributed by atoms with van der Waals surface area (Å²) in [7, 11) is 2.98. The average Bonchev–Trinajstić information content (AvgIpc) is 3.47. The number of urea groups is 1. The van der Waals surface area contributed by atoms with Gasteiger partial charge >= 0.3 is 6.03 Å². The number of carbonyl (C=O) groups is 4. The molecule has 32 heavy (non-hydrogen) atoms. The highest BCUT2D eigenvalue weighted by Gasteiger charge is 2.50. The van der Waals surface area contributed by atoms with E-state index in [0.717, 1.165) is 23.6 Å². The fourth-order valence-corrected chi connectivity index (χ4v) is 4.62. The van der Waals surface area contributed by atoms with E-state index in [1.165, 1.54) is 29.6 Å². The Hall–Kier alpha value is -3.12. The van der Waals surface area contributed by atoms with Crippen LogP contribution in [-0.4, -0.2) is 126 Å². The smallest absolute Gasteiger partial charge is 0.333 e. The van der Waals surface area contributed by atoms with E-state index in [9.17, 15) is 19.2 Å². The first-order valence-corrected chi connectivity index (χ1v) is 11.3. The van der Waals surface area contributed by atoms with Crippen LogP contribution in [0.15, 0.2) is 21.8 Å². The molecule has 0 aromatic carbocycles. The van der Waals surface area contributed by atoms with Gasteiger partial charge in [0.1, 0.15) is 0 Å². The molecule has 3 aliphatic heterocycles. The van der Waals surface area contributed by atoms with Crippen molar-refractivity contribution in [3.8, 4) is 0 Å². The van der Waals surface area contributed by atoms with E-state index in [1.54, 1.807) is 11.6 Å². The van der Waals surface area contributed by atoms with Crippen molar-refractivity contribution in [3.05, 3.63) is 22.4 Å². The number of piperazine rings is 1. The Bertz CT molecular complexity index is 982. The second-order valence-corrected chi connectivity index (χ2v) is 8.69. The second-order valence-electron chi connectivity index (χ2n) is 7.91. The normalized spacial score (nSPS) is 21.4. The molecule has 0 saturated carbocycles. The molecular formula is C20H26N7O4S+. The average molecular weight is 461 g/mol. The van der Waals surface area contributed by atoms with Crippen LogP contribution < -0.4 is 5.32 Å². The predicted octanol–water partition coefficient (Wildman–Crippen LogP) is -1.03. The molecule has 1 aromatic heterocycles. The molecule has 4 heterocycles. The number of thiophene rings is 1.